The predicted molar refractivity (Wildman–Crippen MR) is 100 cm³/mol. The molecule has 140 valence electrons. The number of nitrogens with zero attached hydrogens (tertiary/aromatic N) is 1. The van der Waals surface area contributed by atoms with Crippen molar-refractivity contribution in [2.45, 2.75) is 65.0 Å². The molecule has 5 heteroatoms. The summed E-state index contributed by atoms with van der Waals surface area (Å²) in [7, 11) is 0. The van der Waals surface area contributed by atoms with Gasteiger partial charge in [0.25, 0.3) is 5.91 Å². The van der Waals surface area contributed by atoms with Crippen LogP contribution in [0.2, 0.25) is 0 Å². The summed E-state index contributed by atoms with van der Waals surface area (Å²) in [6.45, 7) is 8.00. The number of hydrogen-bond donors (Lipinski definition) is 1. The van der Waals surface area contributed by atoms with Gasteiger partial charge in [0.05, 0.1) is 13.2 Å². The van der Waals surface area contributed by atoms with Gasteiger partial charge in [-0.3, -0.25) is 4.79 Å². The normalized spacial score (nSPS) is 18.7. The average Bonchev–Trinajstić information content (AvgIpc) is 2.62. The number of amides is 1. The Balaban J connectivity index is 2.19. The Labute approximate surface area is 151 Å². The van der Waals surface area contributed by atoms with Gasteiger partial charge in [0, 0.05) is 24.2 Å². The maximum Gasteiger partial charge on any atom is 0.254 e. The molecule has 2 N–H and O–H groups in total. The van der Waals surface area contributed by atoms with E-state index >= 15 is 0 Å². The minimum absolute atomic E-state index is 0.0211. The van der Waals surface area contributed by atoms with Gasteiger partial charge in [-0.1, -0.05) is 13.3 Å². The minimum Gasteiger partial charge on any atom is -0.490 e. The quantitative estimate of drug-likeness (QED) is 0.729. The van der Waals surface area contributed by atoms with E-state index < -0.39 is 0 Å². The van der Waals surface area contributed by atoms with Crippen LogP contribution in [0.1, 0.15) is 63.2 Å². The largest absolute Gasteiger partial charge is 0.490 e. The molecular formula is C20H32N2O3. The van der Waals surface area contributed by atoms with Crippen LogP contribution in [-0.2, 0) is 0 Å². The molecule has 1 saturated heterocycles. The molecule has 1 amide bonds. The van der Waals surface area contributed by atoms with Crippen LogP contribution in [0.15, 0.2) is 18.2 Å². The highest BCUT2D eigenvalue weighted by Gasteiger charge is 2.30. The van der Waals surface area contributed by atoms with Crippen LogP contribution in [0.5, 0.6) is 11.5 Å². The number of unbranched alkanes of at least 4 members (excludes halogenated alkanes) is 1. The summed E-state index contributed by atoms with van der Waals surface area (Å²) >= 11 is 0. The van der Waals surface area contributed by atoms with Gasteiger partial charge in [-0.05, 0) is 57.7 Å². The first-order valence-corrected chi connectivity index (χ1v) is 9.54. The molecule has 25 heavy (non-hydrogen) atoms. The molecule has 0 bridgehead atoms. The van der Waals surface area contributed by atoms with E-state index in [1.165, 1.54) is 0 Å². The molecule has 1 aromatic carbocycles. The van der Waals surface area contributed by atoms with Crippen molar-refractivity contribution >= 4 is 5.91 Å². The van der Waals surface area contributed by atoms with Crippen molar-refractivity contribution in [3.05, 3.63) is 23.8 Å². The Kier molecular flexibility index (Phi) is 7.56. The highest BCUT2D eigenvalue weighted by Crippen LogP contribution is 2.30. The maximum absolute atomic E-state index is 13.0. The average molecular weight is 348 g/mol. The summed E-state index contributed by atoms with van der Waals surface area (Å²) in [5.41, 5.74) is 6.74. The Morgan fingerprint density at radius 3 is 2.76 bits per heavy atom. The van der Waals surface area contributed by atoms with Crippen molar-refractivity contribution in [1.29, 1.82) is 0 Å². The standard InChI is InChI=1S/C20H32N2O3/c1-4-6-13-25-18-11-10-16(14-19(18)24-5-2)20(23)22-12-8-7-9-17(22)15(3)21/h10-11,14-15,17H,4-9,12-13,21H2,1-3H3. The van der Waals surface area contributed by atoms with Gasteiger partial charge >= 0.3 is 0 Å². The van der Waals surface area contributed by atoms with E-state index in [2.05, 4.69) is 6.92 Å². The molecule has 1 aliphatic heterocycles. The van der Waals surface area contributed by atoms with E-state index in [1.807, 2.05) is 30.9 Å². The third-order valence-corrected chi connectivity index (χ3v) is 4.66. The molecule has 1 heterocycles. The number of carbonyl (C=O) groups is 1. The van der Waals surface area contributed by atoms with Crippen LogP contribution in [0, 0.1) is 0 Å². The van der Waals surface area contributed by atoms with Gasteiger partial charge in [0.2, 0.25) is 0 Å². The summed E-state index contributed by atoms with van der Waals surface area (Å²) in [6.07, 6.45) is 5.21. The van der Waals surface area contributed by atoms with Gasteiger partial charge < -0.3 is 20.1 Å². The molecule has 2 unspecified atom stereocenters. The van der Waals surface area contributed by atoms with Gasteiger partial charge in [-0.15, -0.1) is 0 Å². The molecule has 0 spiro atoms. The third kappa shape index (κ3) is 5.11. The van der Waals surface area contributed by atoms with E-state index in [1.54, 1.807) is 6.07 Å². The Morgan fingerprint density at radius 1 is 1.28 bits per heavy atom. The smallest absolute Gasteiger partial charge is 0.254 e. The summed E-state index contributed by atoms with van der Waals surface area (Å²) in [5, 5.41) is 0. The Hall–Kier alpha value is -1.75. The zero-order chi connectivity index (χ0) is 18.2. The van der Waals surface area contributed by atoms with Crippen LogP contribution in [0.25, 0.3) is 0 Å². The van der Waals surface area contributed by atoms with Gasteiger partial charge in [-0.25, -0.2) is 0 Å². The van der Waals surface area contributed by atoms with Crippen LogP contribution in [0.4, 0.5) is 0 Å². The number of hydrogen-bond acceptors (Lipinski definition) is 4. The van der Waals surface area contributed by atoms with E-state index in [0.29, 0.717) is 30.3 Å². The van der Waals surface area contributed by atoms with Crippen molar-refractivity contribution in [3.8, 4) is 11.5 Å². The number of nitrogens with two attached hydrogens (primary N) is 1. The first-order chi connectivity index (χ1) is 12.1. The number of benzene rings is 1. The van der Waals surface area contributed by atoms with Gasteiger partial charge in [-0.2, -0.15) is 0 Å². The van der Waals surface area contributed by atoms with E-state index in [4.69, 9.17) is 15.2 Å². The van der Waals surface area contributed by atoms with Gasteiger partial charge in [0.15, 0.2) is 11.5 Å². The lowest BCUT2D eigenvalue weighted by Crippen LogP contribution is -2.51. The number of carbonyl (C=O) groups excluding carboxylic acids is 1. The summed E-state index contributed by atoms with van der Waals surface area (Å²) in [6, 6.07) is 5.57. The number of likely N-dealkylation sites (tertiary alicyclic amines) is 1. The molecule has 2 atom stereocenters. The molecule has 2 rings (SSSR count). The highest BCUT2D eigenvalue weighted by atomic mass is 16.5. The molecule has 1 aliphatic rings. The highest BCUT2D eigenvalue weighted by molar-refractivity contribution is 5.95. The molecule has 0 aromatic heterocycles. The molecule has 1 aromatic rings. The van der Waals surface area contributed by atoms with E-state index in [-0.39, 0.29) is 18.0 Å². The zero-order valence-corrected chi connectivity index (χ0v) is 15.8. The topological polar surface area (TPSA) is 64.8 Å². The summed E-state index contributed by atoms with van der Waals surface area (Å²) in [4.78, 5) is 14.9. The summed E-state index contributed by atoms with van der Waals surface area (Å²) < 4.78 is 11.5. The van der Waals surface area contributed by atoms with Crippen molar-refractivity contribution < 1.29 is 14.3 Å². The lowest BCUT2D eigenvalue weighted by atomic mass is 9.96. The fourth-order valence-corrected chi connectivity index (χ4v) is 3.28. The van der Waals surface area contributed by atoms with Crippen molar-refractivity contribution in [2.75, 3.05) is 19.8 Å². The fourth-order valence-electron chi connectivity index (χ4n) is 3.28. The van der Waals surface area contributed by atoms with Crippen LogP contribution in [0.3, 0.4) is 0 Å². The maximum atomic E-state index is 13.0. The molecule has 0 aliphatic carbocycles. The second kappa shape index (κ2) is 9.66. The molecule has 0 saturated carbocycles. The molecule has 1 fully saturated rings. The predicted octanol–water partition coefficient (Wildman–Crippen LogP) is 3.61. The first kappa shape index (κ1) is 19.6. The zero-order valence-electron chi connectivity index (χ0n) is 15.8. The fraction of sp³-hybridized carbons (Fsp3) is 0.650. The number of ether oxygens (including phenoxy) is 2. The Bertz CT molecular complexity index is 560. The van der Waals surface area contributed by atoms with Crippen molar-refractivity contribution in [2.24, 2.45) is 5.73 Å². The minimum atomic E-state index is -0.0211. The Morgan fingerprint density at radius 2 is 2.08 bits per heavy atom. The van der Waals surface area contributed by atoms with Gasteiger partial charge in [0.1, 0.15) is 0 Å². The van der Waals surface area contributed by atoms with Crippen molar-refractivity contribution in [1.82, 2.24) is 4.90 Å². The lowest BCUT2D eigenvalue weighted by molar-refractivity contribution is 0.0583. The first-order valence-electron chi connectivity index (χ1n) is 9.54. The van der Waals surface area contributed by atoms with E-state index in [0.717, 1.165) is 38.6 Å². The SMILES string of the molecule is CCCCOc1ccc(C(=O)N2CCCCC2C(C)N)cc1OCC. The van der Waals surface area contributed by atoms with Crippen LogP contribution in [-0.4, -0.2) is 42.6 Å². The van der Waals surface area contributed by atoms with Crippen LogP contribution >= 0.6 is 0 Å². The second-order valence-corrected chi connectivity index (χ2v) is 6.72. The monoisotopic (exact) mass is 348 g/mol. The number of rotatable bonds is 8. The van der Waals surface area contributed by atoms with E-state index in [9.17, 15) is 4.79 Å². The molecule has 0 radical (unpaired) electrons. The lowest BCUT2D eigenvalue weighted by Gasteiger charge is -2.38. The summed E-state index contributed by atoms with van der Waals surface area (Å²) in [5.74, 6) is 1.37. The third-order valence-electron chi connectivity index (χ3n) is 4.66. The number of piperidine rings is 1. The van der Waals surface area contributed by atoms with Crippen molar-refractivity contribution in [3.63, 3.8) is 0 Å². The van der Waals surface area contributed by atoms with Crippen LogP contribution < -0.4 is 15.2 Å². The second-order valence-electron chi connectivity index (χ2n) is 6.72. The molecular weight excluding hydrogens is 316 g/mol. The molecule has 5 nitrogen and oxygen atoms in total.